The molecule has 230 valence electrons. The first-order valence-corrected chi connectivity index (χ1v) is 15.4. The molecular weight excluding hydrogens is 574 g/mol. The Labute approximate surface area is 262 Å². The summed E-state index contributed by atoms with van der Waals surface area (Å²) in [6.07, 6.45) is 0.495. The normalized spacial score (nSPS) is 12.2. The first-order chi connectivity index (χ1) is 21.2. The maximum atomic E-state index is 13.9. The number of nitrogens with one attached hydrogen (secondary N) is 3. The number of nitrogens with zero attached hydrogens (tertiary/aromatic N) is 1. The highest BCUT2D eigenvalue weighted by molar-refractivity contribution is 7.13. The van der Waals surface area contributed by atoms with E-state index in [-0.39, 0.29) is 24.7 Å². The van der Waals surface area contributed by atoms with E-state index in [0.717, 1.165) is 27.3 Å². The second-order valence-electron chi connectivity index (χ2n) is 10.4. The van der Waals surface area contributed by atoms with Gasteiger partial charge in [0.05, 0.1) is 17.3 Å². The average Bonchev–Trinajstić information content (AvgIpc) is 3.38. The van der Waals surface area contributed by atoms with Crippen LogP contribution < -0.4 is 26.4 Å². The Kier molecular flexibility index (Phi) is 11.6. The van der Waals surface area contributed by atoms with Crippen LogP contribution in [0.5, 0.6) is 5.75 Å². The van der Waals surface area contributed by atoms with Crippen LogP contribution in [-0.4, -0.2) is 41.4 Å². The van der Waals surface area contributed by atoms with Gasteiger partial charge in [-0.1, -0.05) is 66.7 Å². The zero-order chi connectivity index (χ0) is 31.5. The summed E-state index contributed by atoms with van der Waals surface area (Å²) in [5.74, 6) is -0.460. The van der Waals surface area contributed by atoms with Crippen molar-refractivity contribution in [3.05, 3.63) is 117 Å². The lowest BCUT2D eigenvalue weighted by Gasteiger charge is -2.23. The number of rotatable bonds is 14. The predicted molar refractivity (Wildman–Crippen MR) is 172 cm³/mol. The molecule has 3 amide bonds. The molecule has 5 N–H and O–H groups in total. The van der Waals surface area contributed by atoms with Crippen LogP contribution >= 0.6 is 11.3 Å². The minimum atomic E-state index is -0.947. The van der Waals surface area contributed by atoms with Crippen LogP contribution in [0.2, 0.25) is 0 Å². The summed E-state index contributed by atoms with van der Waals surface area (Å²) >= 11 is 1.27. The molecule has 4 aromatic rings. The Bertz CT molecular complexity index is 1540. The first-order valence-electron chi connectivity index (χ1n) is 14.6. The number of amides is 3. The number of nitrogens with two attached hydrogens (primary N) is 1. The van der Waals surface area contributed by atoms with Gasteiger partial charge < -0.3 is 26.4 Å². The molecule has 0 unspecified atom stereocenters. The minimum absolute atomic E-state index is 0.216. The predicted octanol–water partition coefficient (Wildman–Crippen LogP) is 4.00. The molecule has 1 heterocycles. The van der Waals surface area contributed by atoms with Crippen LogP contribution in [-0.2, 0) is 35.5 Å². The van der Waals surface area contributed by atoms with Crippen molar-refractivity contribution in [3.8, 4) is 5.75 Å². The molecule has 9 nitrogen and oxygen atoms in total. The van der Waals surface area contributed by atoms with Crippen molar-refractivity contribution in [2.45, 2.75) is 58.8 Å². The van der Waals surface area contributed by atoms with E-state index >= 15 is 0 Å². The molecule has 1 aromatic heterocycles. The lowest BCUT2D eigenvalue weighted by atomic mass is 10.0. The zero-order valence-electron chi connectivity index (χ0n) is 25.3. The third-order valence-corrected chi connectivity index (χ3v) is 8.12. The largest absolute Gasteiger partial charge is 0.494 e. The molecule has 3 aromatic carbocycles. The maximum Gasteiger partial charge on any atom is 0.263 e. The van der Waals surface area contributed by atoms with Crippen molar-refractivity contribution >= 4 is 29.1 Å². The highest BCUT2D eigenvalue weighted by Gasteiger charge is 2.28. The van der Waals surface area contributed by atoms with Gasteiger partial charge >= 0.3 is 0 Å². The summed E-state index contributed by atoms with van der Waals surface area (Å²) in [4.78, 5) is 45.5. The van der Waals surface area contributed by atoms with E-state index in [2.05, 4.69) is 20.9 Å². The Balaban J connectivity index is 1.54. The van der Waals surface area contributed by atoms with Gasteiger partial charge in [0.1, 0.15) is 22.7 Å². The van der Waals surface area contributed by atoms with E-state index in [1.54, 1.807) is 6.92 Å². The van der Waals surface area contributed by atoms with Gasteiger partial charge in [0.15, 0.2) is 0 Å². The lowest BCUT2D eigenvalue weighted by molar-refractivity contribution is -0.130. The van der Waals surface area contributed by atoms with Gasteiger partial charge in [-0.2, -0.15) is 0 Å². The Hall–Kier alpha value is -4.54. The molecule has 0 aliphatic carbocycles. The zero-order valence-corrected chi connectivity index (χ0v) is 26.1. The highest BCUT2D eigenvalue weighted by atomic mass is 32.1. The number of aromatic nitrogens is 1. The molecule has 0 bridgehead atoms. The van der Waals surface area contributed by atoms with E-state index in [9.17, 15) is 14.4 Å². The molecule has 0 saturated carbocycles. The van der Waals surface area contributed by atoms with Crippen LogP contribution in [0.1, 0.15) is 49.6 Å². The van der Waals surface area contributed by atoms with Crippen LogP contribution in [0.25, 0.3) is 0 Å². The molecule has 44 heavy (non-hydrogen) atoms. The number of carbonyl (C=O) groups excluding carboxylic acids is 3. The summed E-state index contributed by atoms with van der Waals surface area (Å²) in [5, 5.41) is 9.54. The number of aryl methyl sites for hydroxylation is 2. The van der Waals surface area contributed by atoms with E-state index in [1.807, 2.05) is 92.7 Å². The van der Waals surface area contributed by atoms with E-state index < -0.39 is 18.0 Å². The minimum Gasteiger partial charge on any atom is -0.494 e. The quantitative estimate of drug-likeness (QED) is 0.170. The highest BCUT2D eigenvalue weighted by Crippen LogP contribution is 2.18. The Morgan fingerprint density at radius 3 is 1.98 bits per heavy atom. The molecule has 10 heteroatoms. The molecule has 4 rings (SSSR count). The molecule has 0 saturated heterocycles. The van der Waals surface area contributed by atoms with Gasteiger partial charge in [0, 0.05) is 25.9 Å². The number of hydrogen-bond donors (Lipinski definition) is 4. The SMILES string of the molecule is CCOc1ccc(C[C@@H](NC(=O)c2sc(C)nc2C)C(=O)N[C@@H](Cc2ccccc2)C(=O)NCc2ccc(CN)cc2)cc1. The summed E-state index contributed by atoms with van der Waals surface area (Å²) in [6.45, 7) is 6.78. The van der Waals surface area contributed by atoms with Crippen LogP contribution in [0.15, 0.2) is 78.9 Å². The Morgan fingerprint density at radius 1 is 0.795 bits per heavy atom. The van der Waals surface area contributed by atoms with Gasteiger partial charge in [-0.15, -0.1) is 11.3 Å². The van der Waals surface area contributed by atoms with E-state index in [1.165, 1.54) is 11.3 Å². The monoisotopic (exact) mass is 613 g/mol. The molecule has 0 aliphatic rings. The fourth-order valence-electron chi connectivity index (χ4n) is 4.74. The number of carbonyl (C=O) groups is 3. The van der Waals surface area contributed by atoms with Gasteiger partial charge in [0.2, 0.25) is 11.8 Å². The van der Waals surface area contributed by atoms with Crippen molar-refractivity contribution in [3.63, 3.8) is 0 Å². The number of hydrogen-bond acceptors (Lipinski definition) is 7. The van der Waals surface area contributed by atoms with Crippen molar-refractivity contribution in [1.29, 1.82) is 0 Å². The molecular formula is C34H39N5O4S. The van der Waals surface area contributed by atoms with Crippen LogP contribution in [0.4, 0.5) is 0 Å². The molecule has 0 fully saturated rings. The van der Waals surface area contributed by atoms with E-state index in [4.69, 9.17) is 10.5 Å². The summed E-state index contributed by atoms with van der Waals surface area (Å²) in [5.41, 5.74) is 9.94. The summed E-state index contributed by atoms with van der Waals surface area (Å²) in [6, 6.07) is 22.7. The number of benzene rings is 3. The topological polar surface area (TPSA) is 135 Å². The standard InChI is InChI=1S/C34H39N5O4S/c1-4-43-28-16-14-25(15-17-28)19-30(39-34(42)31-22(2)37-23(3)44-31)33(41)38-29(18-24-8-6-5-7-9-24)32(40)36-21-27-12-10-26(20-35)11-13-27/h5-17,29-30H,4,18-21,35H2,1-3H3,(H,36,40)(H,38,41)(H,39,42)/t29-,30+/m0/s1. The van der Waals surface area contributed by atoms with Crippen molar-refractivity contribution in [2.24, 2.45) is 5.73 Å². The molecule has 2 atom stereocenters. The number of ether oxygens (including phenoxy) is 1. The Morgan fingerprint density at radius 2 is 1.39 bits per heavy atom. The first kappa shape index (κ1) is 32.4. The van der Waals surface area contributed by atoms with Gasteiger partial charge in [-0.3, -0.25) is 14.4 Å². The molecule has 0 spiro atoms. The number of thiazole rings is 1. The van der Waals surface area contributed by atoms with Crippen molar-refractivity contribution < 1.29 is 19.1 Å². The average molecular weight is 614 g/mol. The molecule has 0 aliphatic heterocycles. The van der Waals surface area contributed by atoms with Crippen molar-refractivity contribution in [1.82, 2.24) is 20.9 Å². The van der Waals surface area contributed by atoms with Crippen molar-refractivity contribution in [2.75, 3.05) is 6.61 Å². The second-order valence-corrected chi connectivity index (χ2v) is 11.6. The third-order valence-electron chi connectivity index (χ3n) is 7.05. The lowest BCUT2D eigenvalue weighted by Crippen LogP contribution is -2.55. The maximum absolute atomic E-state index is 13.9. The van der Waals surface area contributed by atoms with E-state index in [0.29, 0.717) is 36.0 Å². The van der Waals surface area contributed by atoms with Gasteiger partial charge in [-0.25, -0.2) is 4.98 Å². The van der Waals surface area contributed by atoms with Gasteiger partial charge in [-0.05, 0) is 55.2 Å². The second kappa shape index (κ2) is 15.8. The van der Waals surface area contributed by atoms with Gasteiger partial charge in [0.25, 0.3) is 5.91 Å². The summed E-state index contributed by atoms with van der Waals surface area (Å²) < 4.78 is 5.55. The van der Waals surface area contributed by atoms with Crippen LogP contribution in [0, 0.1) is 13.8 Å². The summed E-state index contributed by atoms with van der Waals surface area (Å²) in [7, 11) is 0. The smallest absolute Gasteiger partial charge is 0.263 e. The molecule has 0 radical (unpaired) electrons. The third kappa shape index (κ3) is 9.23. The fraction of sp³-hybridized carbons (Fsp3) is 0.294. The van der Waals surface area contributed by atoms with Crippen LogP contribution in [0.3, 0.4) is 0 Å². The fourth-order valence-corrected chi connectivity index (χ4v) is 5.56.